The highest BCUT2D eigenvalue weighted by atomic mass is 16.6. The molecule has 0 spiro atoms. The first-order chi connectivity index (χ1) is 16.2. The molecule has 1 heterocycles. The standard InChI is InChI=1S/C23H20N4O7/c1-14-9-10-18-19(11-14)23(30)25(22(18)29)24(13-16-5-2-3-8-20(16)27(33)34)21(28)15-6-4-7-17(12-15)26(31)32/h2-9,12,18-19H,10-11,13H2,1H3/t18-,19+/m0/s1. The van der Waals surface area contributed by atoms with E-state index in [0.717, 1.165) is 21.7 Å². The Morgan fingerprint density at radius 2 is 1.74 bits per heavy atom. The fourth-order valence-corrected chi connectivity index (χ4v) is 4.38. The smallest absolute Gasteiger partial charge is 0.272 e. The Balaban J connectivity index is 1.78. The maximum Gasteiger partial charge on any atom is 0.274 e. The van der Waals surface area contributed by atoms with Crippen LogP contribution < -0.4 is 0 Å². The number of non-ortho nitro benzene ring substituents is 1. The molecule has 2 aromatic carbocycles. The van der Waals surface area contributed by atoms with Gasteiger partial charge in [0.25, 0.3) is 29.1 Å². The molecule has 174 valence electrons. The van der Waals surface area contributed by atoms with Crippen LogP contribution in [0, 0.1) is 32.1 Å². The number of rotatable bonds is 6. The van der Waals surface area contributed by atoms with Crippen molar-refractivity contribution in [2.45, 2.75) is 26.3 Å². The molecule has 1 fully saturated rings. The second-order valence-corrected chi connectivity index (χ2v) is 8.25. The molecular weight excluding hydrogens is 444 g/mol. The molecule has 2 aromatic rings. The van der Waals surface area contributed by atoms with Crippen LogP contribution in [0.15, 0.2) is 60.2 Å². The molecule has 0 bridgehead atoms. The molecule has 11 heteroatoms. The van der Waals surface area contributed by atoms with Gasteiger partial charge >= 0.3 is 0 Å². The topological polar surface area (TPSA) is 144 Å². The van der Waals surface area contributed by atoms with Gasteiger partial charge < -0.3 is 0 Å². The minimum Gasteiger partial charge on any atom is -0.272 e. The van der Waals surface area contributed by atoms with Gasteiger partial charge in [-0.1, -0.05) is 35.9 Å². The van der Waals surface area contributed by atoms with E-state index in [1.807, 2.05) is 13.0 Å². The van der Waals surface area contributed by atoms with Crippen LogP contribution >= 0.6 is 0 Å². The van der Waals surface area contributed by atoms with Crippen LogP contribution in [0.1, 0.15) is 35.7 Å². The predicted molar refractivity (Wildman–Crippen MR) is 118 cm³/mol. The summed E-state index contributed by atoms with van der Waals surface area (Å²) in [5.74, 6) is -3.27. The van der Waals surface area contributed by atoms with Crippen molar-refractivity contribution in [3.8, 4) is 0 Å². The second-order valence-electron chi connectivity index (χ2n) is 8.25. The zero-order chi connectivity index (χ0) is 24.6. The van der Waals surface area contributed by atoms with Gasteiger partial charge in [-0.3, -0.25) is 34.6 Å². The monoisotopic (exact) mass is 464 g/mol. The third-order valence-electron chi connectivity index (χ3n) is 6.09. The Morgan fingerprint density at radius 3 is 2.44 bits per heavy atom. The lowest BCUT2D eigenvalue weighted by Gasteiger charge is -2.30. The third kappa shape index (κ3) is 4.03. The zero-order valence-electron chi connectivity index (χ0n) is 18.1. The highest BCUT2D eigenvalue weighted by Gasteiger charge is 2.51. The van der Waals surface area contributed by atoms with Crippen molar-refractivity contribution >= 4 is 29.1 Å². The summed E-state index contributed by atoms with van der Waals surface area (Å²) in [6, 6.07) is 10.6. The van der Waals surface area contributed by atoms with E-state index in [2.05, 4.69) is 0 Å². The highest BCUT2D eigenvalue weighted by Crippen LogP contribution is 2.39. The summed E-state index contributed by atoms with van der Waals surface area (Å²) in [5.41, 5.74) is 0.311. The third-order valence-corrected chi connectivity index (χ3v) is 6.09. The number of carbonyl (C=O) groups excluding carboxylic acids is 3. The van der Waals surface area contributed by atoms with Gasteiger partial charge in [0.05, 0.1) is 33.8 Å². The molecule has 3 amide bonds. The van der Waals surface area contributed by atoms with Crippen LogP contribution in [0.2, 0.25) is 0 Å². The number of para-hydroxylation sites is 1. The fourth-order valence-electron chi connectivity index (χ4n) is 4.38. The highest BCUT2D eigenvalue weighted by molar-refractivity contribution is 6.08. The summed E-state index contributed by atoms with van der Waals surface area (Å²) in [6.45, 7) is 1.41. The van der Waals surface area contributed by atoms with Crippen molar-refractivity contribution in [3.05, 3.63) is 91.5 Å². The van der Waals surface area contributed by atoms with Gasteiger partial charge in [0, 0.05) is 23.8 Å². The Hall–Kier alpha value is -4.41. The number of hydrazine groups is 1. The number of nitro groups is 2. The number of allylic oxidation sites excluding steroid dienone is 2. The van der Waals surface area contributed by atoms with Crippen LogP contribution in [0.25, 0.3) is 0 Å². The van der Waals surface area contributed by atoms with Crippen molar-refractivity contribution in [2.75, 3.05) is 0 Å². The number of nitro benzene ring substituents is 2. The Labute approximate surface area is 193 Å². The minimum absolute atomic E-state index is 0.107. The van der Waals surface area contributed by atoms with Crippen LogP contribution in [0.4, 0.5) is 11.4 Å². The number of carbonyl (C=O) groups is 3. The Morgan fingerprint density at radius 1 is 1.03 bits per heavy atom. The summed E-state index contributed by atoms with van der Waals surface area (Å²) >= 11 is 0. The van der Waals surface area contributed by atoms with E-state index in [0.29, 0.717) is 12.8 Å². The van der Waals surface area contributed by atoms with Gasteiger partial charge in [-0.25, -0.2) is 5.01 Å². The fraction of sp³-hybridized carbons (Fsp3) is 0.261. The maximum absolute atomic E-state index is 13.5. The lowest BCUT2D eigenvalue weighted by atomic mass is 9.82. The van der Waals surface area contributed by atoms with Gasteiger partial charge in [0.2, 0.25) is 0 Å². The van der Waals surface area contributed by atoms with Crippen LogP contribution in [0.5, 0.6) is 0 Å². The molecular formula is C23H20N4O7. The van der Waals surface area contributed by atoms with Gasteiger partial charge in [0.1, 0.15) is 0 Å². The quantitative estimate of drug-likeness (QED) is 0.276. The van der Waals surface area contributed by atoms with Gasteiger partial charge in [-0.2, -0.15) is 5.01 Å². The molecule has 4 rings (SSSR count). The normalized spacial score (nSPS) is 19.4. The molecule has 0 N–H and O–H groups in total. The minimum atomic E-state index is -0.855. The molecule has 0 radical (unpaired) electrons. The zero-order valence-corrected chi connectivity index (χ0v) is 18.1. The first kappa shape index (κ1) is 22.8. The van der Waals surface area contributed by atoms with Crippen molar-refractivity contribution in [2.24, 2.45) is 11.8 Å². The SMILES string of the molecule is CC1=CC[C@@H]2C(=O)N(N(Cc3ccccc3[N+](=O)[O-])C(=O)c3cccc([N+](=O)[O-])c3)C(=O)[C@@H]2C1. The number of nitrogens with zero attached hydrogens (tertiary/aromatic N) is 4. The molecule has 11 nitrogen and oxygen atoms in total. The molecule has 1 saturated heterocycles. The number of fused-ring (bicyclic) bond motifs is 1. The first-order valence-electron chi connectivity index (χ1n) is 10.5. The predicted octanol–water partition coefficient (Wildman–Crippen LogP) is 3.40. The Bertz CT molecular complexity index is 1260. The summed E-state index contributed by atoms with van der Waals surface area (Å²) < 4.78 is 0. The van der Waals surface area contributed by atoms with Gasteiger partial charge in [-0.15, -0.1) is 0 Å². The average molecular weight is 464 g/mol. The van der Waals surface area contributed by atoms with E-state index in [-0.39, 0.29) is 22.5 Å². The largest absolute Gasteiger partial charge is 0.274 e. The van der Waals surface area contributed by atoms with Crippen molar-refractivity contribution in [3.63, 3.8) is 0 Å². The molecule has 34 heavy (non-hydrogen) atoms. The summed E-state index contributed by atoms with van der Waals surface area (Å²) in [7, 11) is 0. The number of hydrogen-bond donors (Lipinski definition) is 0. The van der Waals surface area contributed by atoms with E-state index >= 15 is 0 Å². The molecule has 2 aliphatic rings. The number of benzene rings is 2. The van der Waals surface area contributed by atoms with Crippen LogP contribution in [-0.2, 0) is 16.1 Å². The van der Waals surface area contributed by atoms with Crippen LogP contribution in [0.3, 0.4) is 0 Å². The number of amides is 3. The molecule has 1 aliphatic carbocycles. The number of hydrogen-bond acceptors (Lipinski definition) is 7. The van der Waals surface area contributed by atoms with Crippen molar-refractivity contribution < 1.29 is 24.2 Å². The lowest BCUT2D eigenvalue weighted by molar-refractivity contribution is -0.385. The van der Waals surface area contributed by atoms with E-state index in [4.69, 9.17) is 0 Å². The van der Waals surface area contributed by atoms with E-state index in [9.17, 15) is 34.6 Å². The van der Waals surface area contributed by atoms with Crippen molar-refractivity contribution in [1.82, 2.24) is 10.0 Å². The summed E-state index contributed by atoms with van der Waals surface area (Å²) in [4.78, 5) is 61.5. The average Bonchev–Trinajstić information content (AvgIpc) is 3.06. The number of imide groups is 1. The van der Waals surface area contributed by atoms with E-state index in [1.165, 1.54) is 36.4 Å². The molecule has 0 saturated carbocycles. The van der Waals surface area contributed by atoms with Gasteiger partial charge in [-0.05, 0) is 25.8 Å². The lowest BCUT2D eigenvalue weighted by Crippen LogP contribution is -2.49. The molecule has 0 unspecified atom stereocenters. The Kier molecular flexibility index (Phi) is 5.93. The molecule has 2 atom stereocenters. The molecule has 0 aromatic heterocycles. The van der Waals surface area contributed by atoms with E-state index < -0.39 is 45.9 Å². The first-order valence-corrected chi connectivity index (χ1v) is 10.5. The summed E-state index contributed by atoms with van der Waals surface area (Å²) in [5, 5.41) is 24.4. The van der Waals surface area contributed by atoms with Gasteiger partial charge in [0.15, 0.2) is 0 Å². The maximum atomic E-state index is 13.5. The second kappa shape index (κ2) is 8.85. The summed E-state index contributed by atoms with van der Waals surface area (Å²) in [6.07, 6.45) is 2.60. The molecule has 1 aliphatic heterocycles. The van der Waals surface area contributed by atoms with E-state index in [1.54, 1.807) is 6.07 Å². The van der Waals surface area contributed by atoms with Crippen molar-refractivity contribution in [1.29, 1.82) is 0 Å². The van der Waals surface area contributed by atoms with Crippen LogP contribution in [-0.4, -0.2) is 37.6 Å².